The lowest BCUT2D eigenvalue weighted by atomic mass is 15.9. The van der Waals surface area contributed by atoms with Gasteiger partial charge in [0, 0.05) is 21.2 Å². The predicted molar refractivity (Wildman–Crippen MR) is 36.7 cm³/mol. The third kappa shape index (κ3) is 3.77. The molecule has 0 N–H and O–H groups in total. The summed E-state index contributed by atoms with van der Waals surface area (Å²) in [5.41, 5.74) is 0. The van der Waals surface area contributed by atoms with Gasteiger partial charge in [-0.1, -0.05) is 0 Å². The largest absolute Gasteiger partial charge is 0.237 e. The molecule has 0 fully saturated rings. The Bertz CT molecular complexity index is 8.00. The molecule has 0 aliphatic heterocycles. The van der Waals surface area contributed by atoms with Gasteiger partial charge in [-0.2, -0.15) is 0 Å². The molecule has 0 aromatic carbocycles. The van der Waals surface area contributed by atoms with Crippen molar-refractivity contribution in [2.24, 2.45) is 0 Å². The van der Waals surface area contributed by atoms with Crippen LogP contribution in [-0.4, -0.2) is 0 Å². The Hall–Kier alpha value is 1.77. The van der Waals surface area contributed by atoms with E-state index in [0.717, 1.165) is 0 Å². The topological polar surface area (TPSA) is 9.23 Å². The lowest BCUT2D eigenvalue weighted by Crippen LogP contribution is -1.24. The Morgan fingerprint density at radius 1 is 1.75 bits per heavy atom. The first-order chi connectivity index (χ1) is 1.91. The molecule has 0 aromatic heterocycles. The average molecular weight is 302 g/mol. The highest BCUT2D eigenvalue weighted by atomic mass is 127. The van der Waals surface area contributed by atoms with Gasteiger partial charge in [0.15, 0.2) is 0 Å². The van der Waals surface area contributed by atoms with Crippen LogP contribution in [0.15, 0.2) is 0 Å². The molecule has 0 aliphatic carbocycles. The highest BCUT2D eigenvalue weighted by Crippen LogP contribution is 2.15. The number of hydrogen-bond donors (Lipinski definition) is 0. The van der Waals surface area contributed by atoms with Crippen LogP contribution in [0.5, 0.6) is 0 Å². The van der Waals surface area contributed by atoms with Crippen molar-refractivity contribution in [3.05, 3.63) is 0 Å². The zero-order valence-corrected chi connectivity index (χ0v) is 6.70. The number of rotatable bonds is 1. The van der Waals surface area contributed by atoms with Gasteiger partial charge in [-0.05, 0) is 0 Å². The lowest BCUT2D eigenvalue weighted by Gasteiger charge is -1.66. The van der Waals surface area contributed by atoms with E-state index in [4.69, 9.17) is 0 Å². The molecule has 0 rings (SSSR count). The molecule has 1 nitrogen and oxygen atoms in total. The zero-order valence-electron chi connectivity index (χ0n) is 1.57. The van der Waals surface area contributed by atoms with Crippen LogP contribution in [0.25, 0.3) is 0 Å². The van der Waals surface area contributed by atoms with Crippen LogP contribution in [0.2, 0.25) is 0 Å². The average Bonchev–Trinajstić information content (AvgIpc) is 1.37. The Morgan fingerprint density at radius 2 is 2.00 bits per heavy atom. The van der Waals surface area contributed by atoms with Gasteiger partial charge in [-0.15, -0.1) is 0 Å². The van der Waals surface area contributed by atoms with E-state index < -0.39 is 0 Å². The third-order valence-corrected chi connectivity index (χ3v) is 3.21. The van der Waals surface area contributed by atoms with Crippen LogP contribution < -0.4 is 0 Å². The van der Waals surface area contributed by atoms with Crippen molar-refractivity contribution >= 4 is 53.4 Å². The zero-order chi connectivity index (χ0) is 3.41. The summed E-state index contributed by atoms with van der Waals surface area (Å²) >= 11 is 3.85. The molecule has 4 heteroatoms. The maximum Gasteiger partial charge on any atom is 0.128 e. The van der Waals surface area contributed by atoms with Crippen LogP contribution in [0.1, 0.15) is 0 Å². The third-order valence-electron chi connectivity index (χ3n) is 0.0238. The molecule has 0 saturated carbocycles. The fourth-order valence-electron chi connectivity index (χ4n) is 0. The van der Waals surface area contributed by atoms with E-state index in [-0.39, 0.29) is 0 Å². The fourth-order valence-corrected chi connectivity index (χ4v) is 0. The molecule has 0 amide bonds. The Balaban J connectivity index is 1.97. The smallest absolute Gasteiger partial charge is 0.128 e. The quantitative estimate of drug-likeness (QED) is 0.543. The van der Waals surface area contributed by atoms with Crippen molar-refractivity contribution in [3.8, 4) is 0 Å². The molecule has 0 aromatic rings. The van der Waals surface area contributed by atoms with Crippen molar-refractivity contribution < 1.29 is 2.51 Å². The summed E-state index contributed by atoms with van der Waals surface area (Å²) in [5.74, 6) is 0. The van der Waals surface area contributed by atoms with Crippen molar-refractivity contribution in [2.75, 3.05) is 0 Å². The van der Waals surface area contributed by atoms with E-state index >= 15 is 0 Å². The standard InChI is InChI=1S/I2OS/c1-3-4-2. The highest BCUT2D eigenvalue weighted by Gasteiger charge is 1.59. The van der Waals surface area contributed by atoms with Gasteiger partial charge in [-0.25, -0.2) is 2.51 Å². The predicted octanol–water partition coefficient (Wildman–Crippen LogP) is 2.35. The molecule has 26 valence electrons. The number of hydrogen-bond acceptors (Lipinski definition) is 2. The molecular formula is I2OS. The molecule has 0 bridgehead atoms. The second kappa shape index (κ2) is 4.77. The molecule has 4 heavy (non-hydrogen) atoms. The maximum absolute atomic E-state index is 4.42. The molecule has 0 saturated heterocycles. The van der Waals surface area contributed by atoms with E-state index in [1.807, 2.05) is 21.2 Å². The first kappa shape index (κ1) is 5.77. The van der Waals surface area contributed by atoms with Crippen LogP contribution in [0, 0.1) is 0 Å². The highest BCUT2D eigenvalue weighted by molar-refractivity contribution is 14.2. The van der Waals surface area contributed by atoms with Gasteiger partial charge in [0.05, 0.1) is 9.21 Å². The van der Waals surface area contributed by atoms with E-state index in [9.17, 15) is 0 Å². The SMILES string of the molecule is IOSI. The van der Waals surface area contributed by atoms with E-state index in [0.29, 0.717) is 0 Å². The normalized spacial score (nSPS) is 7.50. The first-order valence-corrected chi connectivity index (χ1v) is 4.64. The monoisotopic (exact) mass is 302 g/mol. The van der Waals surface area contributed by atoms with Gasteiger partial charge >= 0.3 is 0 Å². The summed E-state index contributed by atoms with van der Waals surface area (Å²) in [6.07, 6.45) is 0. The van der Waals surface area contributed by atoms with Crippen molar-refractivity contribution in [1.82, 2.24) is 0 Å². The summed E-state index contributed by atoms with van der Waals surface area (Å²) in [6.45, 7) is 0. The second-order valence-corrected chi connectivity index (χ2v) is 2.54. The Labute approximate surface area is 55.3 Å². The van der Waals surface area contributed by atoms with Crippen molar-refractivity contribution in [3.63, 3.8) is 0 Å². The summed E-state index contributed by atoms with van der Waals surface area (Å²) in [5, 5.41) is 0. The molecular weight excluding hydrogens is 302 g/mol. The van der Waals surface area contributed by atoms with Gasteiger partial charge < -0.3 is 0 Å². The molecule has 0 atom stereocenters. The van der Waals surface area contributed by atoms with Crippen LogP contribution >= 0.6 is 53.4 Å². The maximum atomic E-state index is 4.42. The minimum Gasteiger partial charge on any atom is -0.237 e. The van der Waals surface area contributed by atoms with Gasteiger partial charge in [0.2, 0.25) is 0 Å². The Kier molecular flexibility index (Phi) is 6.88. The Morgan fingerprint density at radius 3 is 2.00 bits per heavy atom. The van der Waals surface area contributed by atoms with Gasteiger partial charge in [0.25, 0.3) is 0 Å². The summed E-state index contributed by atoms with van der Waals surface area (Å²) < 4.78 is 4.42. The number of halogens is 2. The summed E-state index contributed by atoms with van der Waals surface area (Å²) in [7, 11) is 1.31. The lowest BCUT2D eigenvalue weighted by molar-refractivity contribution is 0.859. The fraction of sp³-hybridized carbons (Fsp3) is 0. The van der Waals surface area contributed by atoms with Crippen molar-refractivity contribution in [2.45, 2.75) is 0 Å². The minimum absolute atomic E-state index is 1.31. The molecule has 0 aliphatic rings. The summed E-state index contributed by atoms with van der Waals surface area (Å²) in [6, 6.07) is 0. The molecule has 0 heterocycles. The van der Waals surface area contributed by atoms with Gasteiger partial charge in [0.1, 0.15) is 23.0 Å². The van der Waals surface area contributed by atoms with Crippen LogP contribution in [-0.2, 0) is 2.51 Å². The van der Waals surface area contributed by atoms with E-state index in [1.165, 1.54) is 9.21 Å². The molecule has 0 spiro atoms. The van der Waals surface area contributed by atoms with Crippen molar-refractivity contribution in [1.29, 1.82) is 0 Å². The van der Waals surface area contributed by atoms with Crippen LogP contribution in [0.4, 0.5) is 0 Å². The summed E-state index contributed by atoms with van der Waals surface area (Å²) in [4.78, 5) is 0. The molecule has 0 unspecified atom stereocenters. The minimum atomic E-state index is 1.31. The van der Waals surface area contributed by atoms with E-state index in [2.05, 4.69) is 2.51 Å². The molecule has 0 radical (unpaired) electrons. The second-order valence-electron chi connectivity index (χ2n) is 0.126. The van der Waals surface area contributed by atoms with Gasteiger partial charge in [-0.3, -0.25) is 0 Å². The first-order valence-electron chi connectivity index (χ1n) is 0.475. The van der Waals surface area contributed by atoms with E-state index in [1.54, 1.807) is 23.0 Å². The van der Waals surface area contributed by atoms with Crippen LogP contribution in [0.3, 0.4) is 0 Å².